The topological polar surface area (TPSA) is 45.6 Å². The van der Waals surface area contributed by atoms with Crippen LogP contribution in [-0.4, -0.2) is 43.0 Å². The van der Waals surface area contributed by atoms with E-state index in [2.05, 4.69) is 23.9 Å². The van der Waals surface area contributed by atoms with Gasteiger partial charge in [0.05, 0.1) is 13.1 Å². The van der Waals surface area contributed by atoms with Crippen molar-refractivity contribution in [2.45, 2.75) is 32.0 Å². The van der Waals surface area contributed by atoms with Crippen molar-refractivity contribution in [2.24, 2.45) is 5.73 Å². The Kier molecular flexibility index (Phi) is 4.20. The smallest absolute Gasteiger partial charge is 0.118 e. The number of furan rings is 1. The minimum atomic E-state index is 0.482. The molecule has 0 radical (unpaired) electrons. The highest BCUT2D eigenvalue weighted by molar-refractivity contribution is 5.06. The fourth-order valence-electron chi connectivity index (χ4n) is 2.49. The van der Waals surface area contributed by atoms with Crippen LogP contribution < -0.4 is 5.73 Å². The summed E-state index contributed by atoms with van der Waals surface area (Å²) in [6.07, 6.45) is 2.57. The van der Waals surface area contributed by atoms with Crippen LogP contribution in [0, 0.1) is 0 Å². The van der Waals surface area contributed by atoms with Gasteiger partial charge in [0, 0.05) is 12.6 Å². The van der Waals surface area contributed by atoms with Crippen LogP contribution in [0.2, 0.25) is 0 Å². The van der Waals surface area contributed by atoms with Gasteiger partial charge < -0.3 is 15.1 Å². The van der Waals surface area contributed by atoms with Gasteiger partial charge in [0.1, 0.15) is 11.5 Å². The second-order valence-electron chi connectivity index (χ2n) is 5.05. The number of nitrogens with two attached hydrogens (primary N) is 1. The van der Waals surface area contributed by atoms with E-state index in [-0.39, 0.29) is 0 Å². The van der Waals surface area contributed by atoms with Gasteiger partial charge in [0.25, 0.3) is 0 Å². The van der Waals surface area contributed by atoms with Crippen molar-refractivity contribution >= 4 is 0 Å². The molecular weight excluding hydrogens is 214 g/mol. The average molecular weight is 237 g/mol. The second kappa shape index (κ2) is 5.67. The molecule has 0 saturated carbocycles. The first-order valence-electron chi connectivity index (χ1n) is 6.35. The second-order valence-corrected chi connectivity index (χ2v) is 5.05. The van der Waals surface area contributed by atoms with Crippen LogP contribution in [0.25, 0.3) is 0 Å². The summed E-state index contributed by atoms with van der Waals surface area (Å²) < 4.78 is 5.64. The molecule has 2 N–H and O–H groups in total. The molecule has 1 aromatic heterocycles. The third-order valence-corrected chi connectivity index (χ3v) is 3.55. The molecule has 17 heavy (non-hydrogen) atoms. The predicted molar refractivity (Wildman–Crippen MR) is 68.6 cm³/mol. The van der Waals surface area contributed by atoms with E-state index in [0.29, 0.717) is 12.6 Å². The van der Waals surface area contributed by atoms with Crippen molar-refractivity contribution in [1.29, 1.82) is 0 Å². The molecule has 1 saturated heterocycles. The number of nitrogens with zero attached hydrogens (tertiary/aromatic N) is 2. The number of rotatable bonds is 4. The van der Waals surface area contributed by atoms with E-state index in [1.165, 1.54) is 19.4 Å². The van der Waals surface area contributed by atoms with Gasteiger partial charge in [-0.3, -0.25) is 4.90 Å². The van der Waals surface area contributed by atoms with Crippen LogP contribution >= 0.6 is 0 Å². The first kappa shape index (κ1) is 12.6. The van der Waals surface area contributed by atoms with Crippen molar-refractivity contribution in [3.63, 3.8) is 0 Å². The number of hydrogen-bond acceptors (Lipinski definition) is 4. The van der Waals surface area contributed by atoms with Gasteiger partial charge in [-0.15, -0.1) is 0 Å². The highest BCUT2D eigenvalue weighted by atomic mass is 16.3. The molecule has 2 heterocycles. The van der Waals surface area contributed by atoms with Gasteiger partial charge >= 0.3 is 0 Å². The van der Waals surface area contributed by atoms with Crippen LogP contribution in [0.3, 0.4) is 0 Å². The molecule has 0 spiro atoms. The lowest BCUT2D eigenvalue weighted by Gasteiger charge is -2.35. The summed E-state index contributed by atoms with van der Waals surface area (Å²) in [4.78, 5) is 4.78. The largest absolute Gasteiger partial charge is 0.463 e. The van der Waals surface area contributed by atoms with Crippen LogP contribution in [0.1, 0.15) is 24.4 Å². The van der Waals surface area contributed by atoms with Gasteiger partial charge in [-0.1, -0.05) is 0 Å². The summed E-state index contributed by atoms with van der Waals surface area (Å²) in [6.45, 7) is 3.73. The van der Waals surface area contributed by atoms with Gasteiger partial charge in [0.15, 0.2) is 0 Å². The zero-order valence-corrected chi connectivity index (χ0v) is 10.9. The molecule has 0 aromatic carbocycles. The van der Waals surface area contributed by atoms with E-state index >= 15 is 0 Å². The lowest BCUT2D eigenvalue weighted by molar-refractivity contribution is 0.123. The number of hydrogen-bond donors (Lipinski definition) is 1. The maximum absolute atomic E-state index is 5.64. The monoisotopic (exact) mass is 237 g/mol. The van der Waals surface area contributed by atoms with Crippen LogP contribution in [0.4, 0.5) is 0 Å². The van der Waals surface area contributed by atoms with Crippen molar-refractivity contribution < 1.29 is 4.42 Å². The standard InChI is InChI=1S/C13H23N3O/c1-15-7-3-4-11(9-15)16(2)10-13-6-5-12(8-14)17-13/h5-6,11H,3-4,7-10,14H2,1-2H3. The molecule has 1 aliphatic rings. The molecule has 1 atom stereocenters. The van der Waals surface area contributed by atoms with E-state index in [1.807, 2.05) is 12.1 Å². The van der Waals surface area contributed by atoms with E-state index in [4.69, 9.17) is 10.2 Å². The van der Waals surface area contributed by atoms with Crippen LogP contribution in [0.5, 0.6) is 0 Å². The Morgan fingerprint density at radius 1 is 1.47 bits per heavy atom. The minimum absolute atomic E-state index is 0.482. The highest BCUT2D eigenvalue weighted by Crippen LogP contribution is 2.17. The Hall–Kier alpha value is -0.840. The fourth-order valence-corrected chi connectivity index (χ4v) is 2.49. The molecule has 0 amide bonds. The molecule has 1 aliphatic heterocycles. The predicted octanol–water partition coefficient (Wildman–Crippen LogP) is 1.26. The van der Waals surface area contributed by atoms with Crippen LogP contribution in [-0.2, 0) is 13.1 Å². The maximum Gasteiger partial charge on any atom is 0.118 e. The first-order valence-corrected chi connectivity index (χ1v) is 6.35. The van der Waals surface area contributed by atoms with Crippen molar-refractivity contribution in [2.75, 3.05) is 27.2 Å². The molecule has 1 unspecified atom stereocenters. The van der Waals surface area contributed by atoms with E-state index in [0.717, 1.165) is 24.6 Å². The number of likely N-dealkylation sites (N-methyl/N-ethyl adjacent to an activating group) is 2. The molecule has 2 rings (SSSR count). The summed E-state index contributed by atoms with van der Waals surface area (Å²) >= 11 is 0. The molecule has 1 fully saturated rings. The summed E-state index contributed by atoms with van der Waals surface area (Å²) in [6, 6.07) is 4.64. The Bertz CT molecular complexity index is 350. The number of piperidine rings is 1. The van der Waals surface area contributed by atoms with Gasteiger partial charge in [-0.25, -0.2) is 0 Å². The van der Waals surface area contributed by atoms with E-state index in [1.54, 1.807) is 0 Å². The molecular formula is C13H23N3O. The lowest BCUT2D eigenvalue weighted by atomic mass is 10.1. The Morgan fingerprint density at radius 3 is 2.88 bits per heavy atom. The molecule has 0 aliphatic carbocycles. The summed E-state index contributed by atoms with van der Waals surface area (Å²) in [5.41, 5.74) is 5.54. The Morgan fingerprint density at radius 2 is 2.24 bits per heavy atom. The average Bonchev–Trinajstić information content (AvgIpc) is 2.77. The van der Waals surface area contributed by atoms with Crippen molar-refractivity contribution in [3.05, 3.63) is 23.7 Å². The van der Waals surface area contributed by atoms with E-state index in [9.17, 15) is 0 Å². The molecule has 96 valence electrons. The Balaban J connectivity index is 1.89. The number of likely N-dealkylation sites (tertiary alicyclic amines) is 1. The minimum Gasteiger partial charge on any atom is -0.463 e. The third kappa shape index (κ3) is 3.31. The fraction of sp³-hybridized carbons (Fsp3) is 0.692. The van der Waals surface area contributed by atoms with Crippen LogP contribution in [0.15, 0.2) is 16.5 Å². The molecule has 4 nitrogen and oxygen atoms in total. The molecule has 4 heteroatoms. The maximum atomic E-state index is 5.64. The summed E-state index contributed by atoms with van der Waals surface area (Å²) in [5.74, 6) is 1.88. The third-order valence-electron chi connectivity index (χ3n) is 3.55. The molecule has 0 bridgehead atoms. The van der Waals surface area contributed by atoms with E-state index < -0.39 is 0 Å². The van der Waals surface area contributed by atoms with Gasteiger partial charge in [-0.05, 0) is 45.6 Å². The lowest BCUT2D eigenvalue weighted by Crippen LogP contribution is -2.44. The zero-order valence-electron chi connectivity index (χ0n) is 10.9. The highest BCUT2D eigenvalue weighted by Gasteiger charge is 2.21. The SMILES string of the molecule is CN1CCCC(N(C)Cc2ccc(CN)o2)C1. The quantitative estimate of drug-likeness (QED) is 0.856. The van der Waals surface area contributed by atoms with Crippen molar-refractivity contribution in [1.82, 2.24) is 9.80 Å². The summed E-state index contributed by atoms with van der Waals surface area (Å²) in [5, 5.41) is 0. The van der Waals surface area contributed by atoms with Gasteiger partial charge in [-0.2, -0.15) is 0 Å². The summed E-state index contributed by atoms with van der Waals surface area (Å²) in [7, 11) is 4.37. The zero-order chi connectivity index (χ0) is 12.3. The Labute approximate surface area is 103 Å². The van der Waals surface area contributed by atoms with Gasteiger partial charge in [0.2, 0.25) is 0 Å². The first-order chi connectivity index (χ1) is 8.19. The van der Waals surface area contributed by atoms with Crippen molar-refractivity contribution in [3.8, 4) is 0 Å². The molecule has 1 aromatic rings. The normalized spacial score (nSPS) is 22.2.